The zero-order valence-electron chi connectivity index (χ0n) is 7.74. The molecule has 0 saturated carbocycles. The number of hydrogen-bond acceptors (Lipinski definition) is 3. The van der Waals surface area contributed by atoms with Crippen LogP contribution in [0.3, 0.4) is 0 Å². The Hall–Kier alpha value is -1.09. The third-order valence-electron chi connectivity index (χ3n) is 2.46. The van der Waals surface area contributed by atoms with Crippen molar-refractivity contribution < 1.29 is 0 Å². The lowest BCUT2D eigenvalue weighted by Gasteiger charge is -2.17. The van der Waals surface area contributed by atoms with Crippen LogP contribution in [-0.2, 0) is 6.42 Å². The lowest BCUT2D eigenvalue weighted by molar-refractivity contribution is 0.758. The van der Waals surface area contributed by atoms with E-state index in [1.54, 1.807) is 0 Å². The van der Waals surface area contributed by atoms with Crippen molar-refractivity contribution in [1.29, 1.82) is 0 Å². The predicted molar refractivity (Wildman–Crippen MR) is 53.8 cm³/mol. The molecule has 0 spiro atoms. The van der Waals surface area contributed by atoms with Crippen molar-refractivity contribution in [2.45, 2.75) is 12.8 Å². The van der Waals surface area contributed by atoms with Gasteiger partial charge in [0.1, 0.15) is 0 Å². The molecule has 1 aliphatic rings. The summed E-state index contributed by atoms with van der Waals surface area (Å²) in [7, 11) is 0. The monoisotopic (exact) mass is 177 g/mol. The lowest BCUT2D eigenvalue weighted by Crippen LogP contribution is -2.23. The first-order chi connectivity index (χ1) is 6.42. The fraction of sp³-hybridized carbons (Fsp3) is 0.500. The van der Waals surface area contributed by atoms with E-state index in [1.165, 1.54) is 11.4 Å². The summed E-state index contributed by atoms with van der Waals surface area (Å²) in [6.45, 7) is 2.94. The molecule has 0 fully saturated rings. The van der Waals surface area contributed by atoms with E-state index in [-0.39, 0.29) is 0 Å². The molecule has 0 aromatic carbocycles. The summed E-state index contributed by atoms with van der Waals surface area (Å²) >= 11 is 0. The van der Waals surface area contributed by atoms with Crippen LogP contribution in [0, 0.1) is 0 Å². The second kappa shape index (κ2) is 3.75. The molecule has 2 heterocycles. The van der Waals surface area contributed by atoms with Crippen molar-refractivity contribution in [2.75, 3.05) is 24.5 Å². The topological polar surface area (TPSA) is 42.1 Å². The van der Waals surface area contributed by atoms with Gasteiger partial charge in [-0.2, -0.15) is 0 Å². The lowest BCUT2D eigenvalue weighted by atomic mass is 10.3. The van der Waals surface area contributed by atoms with Gasteiger partial charge in [-0.05, 0) is 25.1 Å². The fourth-order valence-corrected chi connectivity index (χ4v) is 1.79. The molecule has 0 aliphatic carbocycles. The van der Waals surface area contributed by atoms with Gasteiger partial charge in [-0.3, -0.25) is 4.98 Å². The average molecular weight is 177 g/mol. The Morgan fingerprint density at radius 1 is 1.54 bits per heavy atom. The summed E-state index contributed by atoms with van der Waals surface area (Å²) in [6.07, 6.45) is 4.01. The van der Waals surface area contributed by atoms with Crippen molar-refractivity contribution in [3.8, 4) is 0 Å². The van der Waals surface area contributed by atoms with Crippen molar-refractivity contribution >= 4 is 5.69 Å². The van der Waals surface area contributed by atoms with E-state index in [4.69, 9.17) is 5.73 Å². The summed E-state index contributed by atoms with van der Waals surface area (Å²) in [5, 5.41) is 0. The highest BCUT2D eigenvalue weighted by atomic mass is 15.2. The van der Waals surface area contributed by atoms with Gasteiger partial charge in [-0.1, -0.05) is 0 Å². The van der Waals surface area contributed by atoms with Crippen LogP contribution in [-0.4, -0.2) is 24.6 Å². The normalized spacial score (nSPS) is 14.7. The van der Waals surface area contributed by atoms with Crippen LogP contribution in [0.25, 0.3) is 0 Å². The number of nitrogens with zero attached hydrogens (tertiary/aromatic N) is 2. The van der Waals surface area contributed by atoms with E-state index < -0.39 is 0 Å². The summed E-state index contributed by atoms with van der Waals surface area (Å²) in [4.78, 5) is 6.71. The Bertz CT molecular complexity index is 285. The Morgan fingerprint density at radius 2 is 2.46 bits per heavy atom. The highest BCUT2D eigenvalue weighted by Gasteiger charge is 2.18. The fourth-order valence-electron chi connectivity index (χ4n) is 1.79. The SMILES string of the molecule is NCCCN1CCc2ncccc21. The molecule has 1 aromatic heterocycles. The van der Waals surface area contributed by atoms with E-state index in [9.17, 15) is 0 Å². The van der Waals surface area contributed by atoms with Crippen LogP contribution in [0.2, 0.25) is 0 Å². The number of anilines is 1. The molecule has 1 aromatic rings. The van der Waals surface area contributed by atoms with Gasteiger partial charge in [0.05, 0.1) is 11.4 Å². The molecule has 70 valence electrons. The van der Waals surface area contributed by atoms with Gasteiger partial charge in [-0.25, -0.2) is 0 Å². The molecule has 0 atom stereocenters. The van der Waals surface area contributed by atoms with Crippen LogP contribution < -0.4 is 10.6 Å². The molecule has 0 amide bonds. The second-order valence-corrected chi connectivity index (χ2v) is 3.35. The minimum absolute atomic E-state index is 0.770. The molecule has 3 heteroatoms. The standard InChI is InChI=1S/C10H15N3/c11-5-2-7-13-8-4-9-10(13)3-1-6-12-9/h1,3,6H,2,4-5,7-8,11H2. The maximum atomic E-state index is 5.48. The first-order valence-corrected chi connectivity index (χ1v) is 4.81. The Kier molecular flexibility index (Phi) is 2.45. The second-order valence-electron chi connectivity index (χ2n) is 3.35. The van der Waals surface area contributed by atoms with Crippen LogP contribution in [0.5, 0.6) is 0 Å². The highest BCUT2D eigenvalue weighted by Crippen LogP contribution is 2.24. The van der Waals surface area contributed by atoms with E-state index in [2.05, 4.69) is 16.0 Å². The van der Waals surface area contributed by atoms with Gasteiger partial charge in [-0.15, -0.1) is 0 Å². The number of aromatic nitrogens is 1. The molecule has 0 saturated heterocycles. The summed E-state index contributed by atoms with van der Waals surface area (Å²) in [6, 6.07) is 4.14. The van der Waals surface area contributed by atoms with E-state index in [0.717, 1.165) is 32.5 Å². The van der Waals surface area contributed by atoms with Gasteiger partial charge >= 0.3 is 0 Å². The maximum Gasteiger partial charge on any atom is 0.0654 e. The largest absolute Gasteiger partial charge is 0.370 e. The summed E-state index contributed by atoms with van der Waals surface area (Å²) in [5.74, 6) is 0. The van der Waals surface area contributed by atoms with Crippen LogP contribution in [0.15, 0.2) is 18.3 Å². The Labute approximate surface area is 78.6 Å². The number of pyridine rings is 1. The zero-order valence-corrected chi connectivity index (χ0v) is 7.74. The first-order valence-electron chi connectivity index (χ1n) is 4.81. The Balaban J connectivity index is 2.09. The maximum absolute atomic E-state index is 5.48. The van der Waals surface area contributed by atoms with E-state index >= 15 is 0 Å². The molecule has 3 nitrogen and oxygen atoms in total. The van der Waals surface area contributed by atoms with Crippen molar-refractivity contribution in [2.24, 2.45) is 5.73 Å². The van der Waals surface area contributed by atoms with Gasteiger partial charge in [0.25, 0.3) is 0 Å². The van der Waals surface area contributed by atoms with E-state index in [1.807, 2.05) is 12.3 Å². The highest BCUT2D eigenvalue weighted by molar-refractivity contribution is 5.54. The van der Waals surface area contributed by atoms with Gasteiger partial charge in [0, 0.05) is 25.7 Å². The van der Waals surface area contributed by atoms with Crippen LogP contribution in [0.1, 0.15) is 12.1 Å². The van der Waals surface area contributed by atoms with Crippen LogP contribution in [0.4, 0.5) is 5.69 Å². The Morgan fingerprint density at radius 3 is 3.31 bits per heavy atom. The number of rotatable bonds is 3. The third-order valence-corrected chi connectivity index (χ3v) is 2.46. The van der Waals surface area contributed by atoms with Crippen molar-refractivity contribution in [3.05, 3.63) is 24.0 Å². The molecule has 0 unspecified atom stereocenters. The summed E-state index contributed by atoms with van der Waals surface area (Å²) in [5.41, 5.74) is 8.02. The molecule has 2 N–H and O–H groups in total. The third kappa shape index (κ3) is 1.65. The van der Waals surface area contributed by atoms with Crippen molar-refractivity contribution in [1.82, 2.24) is 4.98 Å². The average Bonchev–Trinajstić information content (AvgIpc) is 2.58. The molecule has 13 heavy (non-hydrogen) atoms. The first kappa shape index (κ1) is 8.51. The van der Waals surface area contributed by atoms with Crippen LogP contribution >= 0.6 is 0 Å². The quantitative estimate of drug-likeness (QED) is 0.742. The zero-order chi connectivity index (χ0) is 9.10. The molecule has 0 bridgehead atoms. The summed E-state index contributed by atoms with van der Waals surface area (Å²) < 4.78 is 0. The number of fused-ring (bicyclic) bond motifs is 1. The number of nitrogens with two attached hydrogens (primary N) is 1. The molecule has 1 aliphatic heterocycles. The smallest absolute Gasteiger partial charge is 0.0654 e. The molecule has 0 radical (unpaired) electrons. The molecule has 2 rings (SSSR count). The van der Waals surface area contributed by atoms with Gasteiger partial charge in [0.2, 0.25) is 0 Å². The minimum atomic E-state index is 0.770. The number of hydrogen-bond donors (Lipinski definition) is 1. The van der Waals surface area contributed by atoms with E-state index in [0.29, 0.717) is 0 Å². The molecular formula is C10H15N3. The van der Waals surface area contributed by atoms with Crippen molar-refractivity contribution in [3.63, 3.8) is 0 Å². The minimum Gasteiger partial charge on any atom is -0.370 e. The molecular weight excluding hydrogens is 162 g/mol. The predicted octanol–water partition coefficient (Wildman–Crippen LogP) is 0.793. The van der Waals surface area contributed by atoms with Gasteiger partial charge in [0.15, 0.2) is 0 Å². The van der Waals surface area contributed by atoms with Gasteiger partial charge < -0.3 is 10.6 Å².